The van der Waals surface area contributed by atoms with Crippen LogP contribution in [0.25, 0.3) is 0 Å². The zero-order valence-corrected chi connectivity index (χ0v) is 9.62. The van der Waals surface area contributed by atoms with Crippen molar-refractivity contribution in [1.82, 2.24) is 0 Å². The maximum Gasteiger partial charge on any atom is 0.341 e. The molecule has 2 fully saturated rings. The lowest BCUT2D eigenvalue weighted by Crippen LogP contribution is -2.31. The summed E-state index contributed by atoms with van der Waals surface area (Å²) in [5.41, 5.74) is -0.633. The third-order valence-corrected chi connectivity index (χ3v) is 3.55. The Balaban J connectivity index is 1.82. The van der Waals surface area contributed by atoms with Crippen LogP contribution in [0.4, 0.5) is 0 Å². The minimum Gasteiger partial charge on any atom is -0.460 e. The monoisotopic (exact) mass is 212 g/mol. The zero-order valence-electron chi connectivity index (χ0n) is 9.62. The number of ether oxygens (including phenoxy) is 2. The summed E-state index contributed by atoms with van der Waals surface area (Å²) in [5.74, 6) is -0.152. The van der Waals surface area contributed by atoms with Crippen LogP contribution >= 0.6 is 0 Å². The van der Waals surface area contributed by atoms with Crippen LogP contribution in [0.1, 0.15) is 52.4 Å². The van der Waals surface area contributed by atoms with E-state index in [4.69, 9.17) is 9.47 Å². The summed E-state index contributed by atoms with van der Waals surface area (Å²) >= 11 is 0. The summed E-state index contributed by atoms with van der Waals surface area (Å²) in [4.78, 5) is 11.8. The van der Waals surface area contributed by atoms with Gasteiger partial charge in [-0.3, -0.25) is 0 Å². The van der Waals surface area contributed by atoms with Crippen molar-refractivity contribution >= 4 is 5.97 Å². The molecule has 3 nitrogen and oxygen atoms in total. The van der Waals surface area contributed by atoms with Crippen LogP contribution in [0, 0.1) is 0 Å². The Labute approximate surface area is 91.1 Å². The molecule has 1 saturated heterocycles. The smallest absolute Gasteiger partial charge is 0.341 e. The van der Waals surface area contributed by atoms with Crippen molar-refractivity contribution in [1.29, 1.82) is 0 Å². The molecular formula is C12H20O3. The molecule has 0 aromatic heterocycles. The highest BCUT2D eigenvalue weighted by atomic mass is 16.7. The highest BCUT2D eigenvalue weighted by molar-refractivity contribution is 5.83. The molecule has 2 atom stereocenters. The van der Waals surface area contributed by atoms with E-state index in [0.717, 1.165) is 19.3 Å². The van der Waals surface area contributed by atoms with Gasteiger partial charge in [-0.1, -0.05) is 13.3 Å². The molecule has 2 unspecified atom stereocenters. The quantitative estimate of drug-likeness (QED) is 0.532. The Morgan fingerprint density at radius 2 is 2.07 bits per heavy atom. The molecule has 1 aliphatic heterocycles. The number of carbonyl (C=O) groups excluding carboxylic acids is 1. The van der Waals surface area contributed by atoms with Gasteiger partial charge in [0.1, 0.15) is 6.10 Å². The summed E-state index contributed by atoms with van der Waals surface area (Å²) in [5, 5.41) is 0. The Morgan fingerprint density at radius 3 is 2.60 bits per heavy atom. The van der Waals surface area contributed by atoms with E-state index in [1.54, 1.807) is 0 Å². The van der Waals surface area contributed by atoms with Crippen LogP contribution < -0.4 is 0 Å². The van der Waals surface area contributed by atoms with Crippen molar-refractivity contribution in [2.45, 2.75) is 70.2 Å². The van der Waals surface area contributed by atoms with Gasteiger partial charge in [-0.05, 0) is 39.0 Å². The molecular weight excluding hydrogens is 192 g/mol. The lowest BCUT2D eigenvalue weighted by molar-refractivity contribution is -0.156. The highest BCUT2D eigenvalue weighted by Gasteiger charge is 2.59. The molecule has 0 radical (unpaired) electrons. The SMILES string of the molecule is CCC1OC1(C)C(=O)OC1CCCCC1. The normalized spacial score (nSPS) is 36.3. The fourth-order valence-electron chi connectivity index (χ4n) is 2.37. The predicted octanol–water partition coefficient (Wildman–Crippen LogP) is 2.43. The third kappa shape index (κ3) is 2.17. The van der Waals surface area contributed by atoms with E-state index >= 15 is 0 Å². The Kier molecular flexibility index (Phi) is 3.01. The number of hydrogen-bond donors (Lipinski definition) is 0. The van der Waals surface area contributed by atoms with E-state index in [0.29, 0.717) is 0 Å². The lowest BCUT2D eigenvalue weighted by Gasteiger charge is -2.22. The van der Waals surface area contributed by atoms with Gasteiger partial charge in [-0.15, -0.1) is 0 Å². The Hall–Kier alpha value is -0.570. The first-order valence-electron chi connectivity index (χ1n) is 6.05. The van der Waals surface area contributed by atoms with E-state index in [9.17, 15) is 4.79 Å². The first kappa shape index (κ1) is 10.9. The van der Waals surface area contributed by atoms with Crippen molar-refractivity contribution in [2.75, 3.05) is 0 Å². The standard InChI is InChI=1S/C12H20O3/c1-3-10-12(2,15-10)11(13)14-9-7-5-4-6-8-9/h9-10H,3-8H2,1-2H3. The molecule has 86 valence electrons. The average Bonchev–Trinajstić information content (AvgIpc) is 2.93. The second-order valence-corrected chi connectivity index (χ2v) is 4.79. The number of hydrogen-bond acceptors (Lipinski definition) is 3. The molecule has 0 aromatic carbocycles. The minimum absolute atomic E-state index is 0.0774. The second kappa shape index (κ2) is 4.12. The molecule has 3 heteroatoms. The van der Waals surface area contributed by atoms with Gasteiger partial charge in [0.15, 0.2) is 5.60 Å². The molecule has 1 heterocycles. The van der Waals surface area contributed by atoms with E-state index in [-0.39, 0.29) is 18.2 Å². The van der Waals surface area contributed by atoms with Gasteiger partial charge in [-0.2, -0.15) is 0 Å². The van der Waals surface area contributed by atoms with Crippen molar-refractivity contribution in [2.24, 2.45) is 0 Å². The molecule has 0 bridgehead atoms. The summed E-state index contributed by atoms with van der Waals surface area (Å²) in [6, 6.07) is 0. The van der Waals surface area contributed by atoms with Gasteiger partial charge >= 0.3 is 5.97 Å². The van der Waals surface area contributed by atoms with Crippen LogP contribution in [0.2, 0.25) is 0 Å². The van der Waals surface area contributed by atoms with Crippen molar-refractivity contribution in [3.63, 3.8) is 0 Å². The van der Waals surface area contributed by atoms with E-state index in [1.165, 1.54) is 19.3 Å². The van der Waals surface area contributed by atoms with Crippen LogP contribution in [0.15, 0.2) is 0 Å². The highest BCUT2D eigenvalue weighted by Crippen LogP contribution is 2.40. The average molecular weight is 212 g/mol. The maximum absolute atomic E-state index is 11.8. The second-order valence-electron chi connectivity index (χ2n) is 4.79. The third-order valence-electron chi connectivity index (χ3n) is 3.55. The fourth-order valence-corrected chi connectivity index (χ4v) is 2.37. The molecule has 0 N–H and O–H groups in total. The minimum atomic E-state index is -0.633. The lowest BCUT2D eigenvalue weighted by atomic mass is 9.97. The van der Waals surface area contributed by atoms with Crippen molar-refractivity contribution in [3.8, 4) is 0 Å². The Morgan fingerprint density at radius 1 is 1.40 bits per heavy atom. The molecule has 0 spiro atoms. The van der Waals surface area contributed by atoms with Gasteiger partial charge in [0, 0.05) is 0 Å². The summed E-state index contributed by atoms with van der Waals surface area (Å²) < 4.78 is 10.9. The molecule has 15 heavy (non-hydrogen) atoms. The summed E-state index contributed by atoms with van der Waals surface area (Å²) in [7, 11) is 0. The van der Waals surface area contributed by atoms with Gasteiger partial charge in [-0.25, -0.2) is 4.79 Å². The van der Waals surface area contributed by atoms with Crippen LogP contribution in [0.3, 0.4) is 0 Å². The molecule has 2 aliphatic rings. The number of esters is 1. The van der Waals surface area contributed by atoms with Crippen LogP contribution in [-0.4, -0.2) is 23.8 Å². The molecule has 0 aromatic rings. The van der Waals surface area contributed by atoms with Gasteiger partial charge in [0.05, 0.1) is 6.10 Å². The number of epoxide rings is 1. The predicted molar refractivity (Wildman–Crippen MR) is 56.5 cm³/mol. The van der Waals surface area contributed by atoms with Gasteiger partial charge in [0.25, 0.3) is 0 Å². The van der Waals surface area contributed by atoms with E-state index in [2.05, 4.69) is 0 Å². The van der Waals surface area contributed by atoms with Crippen molar-refractivity contribution in [3.05, 3.63) is 0 Å². The Bertz CT molecular complexity index is 245. The number of carbonyl (C=O) groups is 1. The zero-order chi connectivity index (χ0) is 10.9. The molecule has 0 amide bonds. The molecule has 1 aliphatic carbocycles. The largest absolute Gasteiger partial charge is 0.460 e. The molecule has 1 saturated carbocycles. The first-order valence-corrected chi connectivity index (χ1v) is 6.05. The topological polar surface area (TPSA) is 38.8 Å². The van der Waals surface area contributed by atoms with Crippen molar-refractivity contribution < 1.29 is 14.3 Å². The summed E-state index contributed by atoms with van der Waals surface area (Å²) in [6.07, 6.45) is 6.81. The van der Waals surface area contributed by atoms with Gasteiger partial charge in [0.2, 0.25) is 0 Å². The van der Waals surface area contributed by atoms with Gasteiger partial charge < -0.3 is 9.47 Å². The van der Waals surface area contributed by atoms with Crippen LogP contribution in [0.5, 0.6) is 0 Å². The van der Waals surface area contributed by atoms with E-state index < -0.39 is 5.60 Å². The molecule has 2 rings (SSSR count). The first-order chi connectivity index (χ1) is 7.16. The maximum atomic E-state index is 11.8. The summed E-state index contributed by atoms with van der Waals surface area (Å²) in [6.45, 7) is 3.87. The number of rotatable bonds is 3. The fraction of sp³-hybridized carbons (Fsp3) is 0.917. The van der Waals surface area contributed by atoms with E-state index in [1.807, 2.05) is 13.8 Å². The van der Waals surface area contributed by atoms with Crippen LogP contribution in [-0.2, 0) is 14.3 Å².